The molecule has 128 valence electrons. The summed E-state index contributed by atoms with van der Waals surface area (Å²) in [6.07, 6.45) is 0. The SMILES string of the molecule is CCOC(=O)C(C(=O)OC(C)(C)C)c1ccc([N+](=O)[O-])c(C#N)c1. The minimum atomic E-state index is -1.42. The summed E-state index contributed by atoms with van der Waals surface area (Å²) in [4.78, 5) is 34.7. The van der Waals surface area contributed by atoms with E-state index in [1.54, 1.807) is 33.8 Å². The van der Waals surface area contributed by atoms with Crippen LogP contribution in [0.4, 0.5) is 5.69 Å². The molecule has 0 aliphatic carbocycles. The number of rotatable bonds is 5. The highest BCUT2D eigenvalue weighted by Crippen LogP contribution is 2.27. The Morgan fingerprint density at radius 3 is 2.42 bits per heavy atom. The van der Waals surface area contributed by atoms with E-state index in [2.05, 4.69) is 0 Å². The number of hydrogen-bond donors (Lipinski definition) is 0. The van der Waals surface area contributed by atoms with Crippen LogP contribution in [-0.4, -0.2) is 29.1 Å². The average molecular weight is 334 g/mol. The predicted molar refractivity (Wildman–Crippen MR) is 83.0 cm³/mol. The molecule has 1 atom stereocenters. The van der Waals surface area contributed by atoms with E-state index in [4.69, 9.17) is 14.7 Å². The van der Waals surface area contributed by atoms with E-state index >= 15 is 0 Å². The standard InChI is InChI=1S/C16H18N2O6/c1-5-23-14(19)13(15(20)24-16(2,3)4)10-6-7-12(18(21)22)11(8-10)9-17/h6-8,13H,5H2,1-4H3. The van der Waals surface area contributed by atoms with Crippen molar-refractivity contribution in [2.24, 2.45) is 0 Å². The fourth-order valence-electron chi connectivity index (χ4n) is 1.94. The van der Waals surface area contributed by atoms with Crippen molar-refractivity contribution in [1.29, 1.82) is 5.26 Å². The third-order valence-electron chi connectivity index (χ3n) is 2.84. The lowest BCUT2D eigenvalue weighted by atomic mass is 9.96. The van der Waals surface area contributed by atoms with E-state index in [9.17, 15) is 19.7 Å². The van der Waals surface area contributed by atoms with Gasteiger partial charge in [-0.25, -0.2) is 0 Å². The number of ether oxygens (including phenoxy) is 2. The number of nitro benzene ring substituents is 1. The Labute approximate surface area is 139 Å². The van der Waals surface area contributed by atoms with Crippen LogP contribution in [0.1, 0.15) is 44.7 Å². The maximum Gasteiger partial charge on any atom is 0.325 e. The van der Waals surface area contributed by atoms with Crippen molar-refractivity contribution in [2.45, 2.75) is 39.2 Å². The molecule has 0 heterocycles. The molecule has 1 rings (SSSR count). The summed E-state index contributed by atoms with van der Waals surface area (Å²) in [6.45, 7) is 6.56. The minimum Gasteiger partial charge on any atom is -0.465 e. The summed E-state index contributed by atoms with van der Waals surface area (Å²) in [5.74, 6) is -3.11. The van der Waals surface area contributed by atoms with E-state index in [0.717, 1.165) is 12.1 Å². The number of hydrogen-bond acceptors (Lipinski definition) is 7. The van der Waals surface area contributed by atoms with Gasteiger partial charge in [0.15, 0.2) is 5.92 Å². The Balaban J connectivity index is 3.35. The normalized spacial score (nSPS) is 12.0. The molecule has 0 amide bonds. The second-order valence-electron chi connectivity index (χ2n) is 5.86. The molecule has 0 aliphatic rings. The van der Waals surface area contributed by atoms with E-state index in [1.807, 2.05) is 0 Å². The number of esters is 2. The first-order chi connectivity index (χ1) is 11.1. The number of carbonyl (C=O) groups excluding carboxylic acids is 2. The Morgan fingerprint density at radius 1 is 1.33 bits per heavy atom. The first kappa shape index (κ1) is 19.1. The second kappa shape index (κ2) is 7.55. The van der Waals surface area contributed by atoms with Crippen molar-refractivity contribution in [3.63, 3.8) is 0 Å². The second-order valence-corrected chi connectivity index (χ2v) is 5.86. The molecule has 0 saturated carbocycles. The summed E-state index contributed by atoms with van der Waals surface area (Å²) in [7, 11) is 0. The molecule has 8 heteroatoms. The van der Waals surface area contributed by atoms with Gasteiger partial charge in [0.2, 0.25) is 0 Å². The van der Waals surface area contributed by atoms with Crippen molar-refractivity contribution in [3.05, 3.63) is 39.4 Å². The molecule has 0 bridgehead atoms. The number of nitrogens with zero attached hydrogens (tertiary/aromatic N) is 2. The van der Waals surface area contributed by atoms with Gasteiger partial charge in [-0.1, -0.05) is 6.07 Å². The van der Waals surface area contributed by atoms with Gasteiger partial charge in [0.05, 0.1) is 11.5 Å². The Hall–Kier alpha value is -2.95. The monoisotopic (exact) mass is 334 g/mol. The van der Waals surface area contributed by atoms with Crippen LogP contribution in [0.5, 0.6) is 0 Å². The third-order valence-corrected chi connectivity index (χ3v) is 2.84. The molecule has 24 heavy (non-hydrogen) atoms. The number of nitriles is 1. The van der Waals surface area contributed by atoms with Gasteiger partial charge in [0, 0.05) is 6.07 Å². The topological polar surface area (TPSA) is 120 Å². The van der Waals surface area contributed by atoms with Gasteiger partial charge in [0.25, 0.3) is 5.69 Å². The van der Waals surface area contributed by atoms with Crippen molar-refractivity contribution >= 4 is 17.6 Å². The van der Waals surface area contributed by atoms with Crippen LogP contribution in [0.25, 0.3) is 0 Å². The lowest BCUT2D eigenvalue weighted by Crippen LogP contribution is -2.32. The molecular formula is C16H18N2O6. The number of benzene rings is 1. The minimum absolute atomic E-state index is 0.0518. The fourth-order valence-corrected chi connectivity index (χ4v) is 1.94. The van der Waals surface area contributed by atoms with E-state index in [-0.39, 0.29) is 17.7 Å². The molecule has 0 fully saturated rings. The summed E-state index contributed by atoms with van der Waals surface area (Å²) < 4.78 is 10.1. The molecule has 1 aromatic carbocycles. The summed E-state index contributed by atoms with van der Waals surface area (Å²) >= 11 is 0. The summed E-state index contributed by atoms with van der Waals surface area (Å²) in [5, 5.41) is 19.9. The zero-order chi connectivity index (χ0) is 18.5. The predicted octanol–water partition coefficient (Wildman–Crippen LogP) is 2.45. The maximum absolute atomic E-state index is 12.4. The van der Waals surface area contributed by atoms with Gasteiger partial charge in [-0.05, 0) is 39.3 Å². The van der Waals surface area contributed by atoms with E-state index < -0.39 is 34.1 Å². The number of nitro groups is 1. The van der Waals surface area contributed by atoms with E-state index in [1.165, 1.54) is 6.07 Å². The van der Waals surface area contributed by atoms with Gasteiger partial charge in [-0.3, -0.25) is 19.7 Å². The van der Waals surface area contributed by atoms with Crippen LogP contribution in [0.3, 0.4) is 0 Å². The van der Waals surface area contributed by atoms with Gasteiger partial charge >= 0.3 is 11.9 Å². The largest absolute Gasteiger partial charge is 0.465 e. The maximum atomic E-state index is 12.4. The molecule has 0 spiro atoms. The third kappa shape index (κ3) is 4.78. The number of carbonyl (C=O) groups is 2. The smallest absolute Gasteiger partial charge is 0.325 e. The van der Waals surface area contributed by atoms with Crippen LogP contribution in [0, 0.1) is 21.4 Å². The average Bonchev–Trinajstić information content (AvgIpc) is 2.45. The van der Waals surface area contributed by atoms with Gasteiger partial charge in [0.1, 0.15) is 17.2 Å². The van der Waals surface area contributed by atoms with Crippen LogP contribution in [0.2, 0.25) is 0 Å². The van der Waals surface area contributed by atoms with Crippen molar-refractivity contribution in [2.75, 3.05) is 6.61 Å². The highest BCUT2D eigenvalue weighted by atomic mass is 16.6. The molecule has 0 N–H and O–H groups in total. The molecule has 0 aliphatic heterocycles. The van der Waals surface area contributed by atoms with Crippen LogP contribution < -0.4 is 0 Å². The highest BCUT2D eigenvalue weighted by molar-refractivity contribution is 6.01. The van der Waals surface area contributed by atoms with Gasteiger partial charge in [-0.2, -0.15) is 5.26 Å². The van der Waals surface area contributed by atoms with Gasteiger partial charge < -0.3 is 9.47 Å². The molecule has 8 nitrogen and oxygen atoms in total. The molecule has 0 saturated heterocycles. The van der Waals surface area contributed by atoms with Crippen molar-refractivity contribution in [3.8, 4) is 6.07 Å². The Bertz CT molecular complexity index is 699. The van der Waals surface area contributed by atoms with Crippen LogP contribution in [-0.2, 0) is 19.1 Å². The first-order valence-corrected chi connectivity index (χ1v) is 7.18. The lowest BCUT2D eigenvalue weighted by Gasteiger charge is -2.23. The van der Waals surface area contributed by atoms with Gasteiger partial charge in [-0.15, -0.1) is 0 Å². The Kier molecular flexibility index (Phi) is 6.01. The van der Waals surface area contributed by atoms with Crippen molar-refractivity contribution in [1.82, 2.24) is 0 Å². The first-order valence-electron chi connectivity index (χ1n) is 7.18. The zero-order valence-corrected chi connectivity index (χ0v) is 13.9. The molecular weight excluding hydrogens is 316 g/mol. The lowest BCUT2D eigenvalue weighted by molar-refractivity contribution is -0.385. The summed E-state index contributed by atoms with van der Waals surface area (Å²) in [5.41, 5.74) is -1.39. The van der Waals surface area contributed by atoms with Crippen molar-refractivity contribution < 1.29 is 24.0 Å². The zero-order valence-electron chi connectivity index (χ0n) is 13.9. The van der Waals surface area contributed by atoms with Crippen LogP contribution >= 0.6 is 0 Å². The van der Waals surface area contributed by atoms with E-state index in [0.29, 0.717) is 0 Å². The molecule has 0 aromatic heterocycles. The fraction of sp³-hybridized carbons (Fsp3) is 0.438. The molecule has 1 aromatic rings. The Morgan fingerprint density at radius 2 is 1.96 bits per heavy atom. The molecule has 0 radical (unpaired) electrons. The highest BCUT2D eigenvalue weighted by Gasteiger charge is 2.35. The summed E-state index contributed by atoms with van der Waals surface area (Å²) in [6, 6.07) is 5.13. The molecule has 1 unspecified atom stereocenters. The van der Waals surface area contributed by atoms with Crippen LogP contribution in [0.15, 0.2) is 18.2 Å². The quantitative estimate of drug-likeness (QED) is 0.351.